The van der Waals surface area contributed by atoms with Crippen molar-refractivity contribution in [3.05, 3.63) is 68.0 Å². The molecule has 0 bridgehead atoms. The third kappa shape index (κ3) is 4.64. The van der Waals surface area contributed by atoms with Gasteiger partial charge in [0.1, 0.15) is 4.88 Å². The maximum absolute atomic E-state index is 13.5. The summed E-state index contributed by atoms with van der Waals surface area (Å²) in [6.07, 6.45) is 0. The van der Waals surface area contributed by atoms with Crippen molar-refractivity contribution in [1.29, 1.82) is 0 Å². The minimum atomic E-state index is -3.61. The van der Waals surface area contributed by atoms with Crippen LogP contribution in [0.4, 0.5) is 5.69 Å². The highest BCUT2D eigenvalue weighted by molar-refractivity contribution is 7.68. The minimum Gasteiger partial charge on any atom is -0.477 e. The summed E-state index contributed by atoms with van der Waals surface area (Å²) >= 11 is 19.0. The summed E-state index contributed by atoms with van der Waals surface area (Å²) in [4.78, 5) is 12.4. The normalized spacial score (nSPS) is 13.1. The largest absolute Gasteiger partial charge is 0.477 e. The molecule has 29 heavy (non-hydrogen) atoms. The Hall–Kier alpha value is -1.53. The quantitative estimate of drug-likeness (QED) is 0.365. The van der Waals surface area contributed by atoms with Gasteiger partial charge in [-0.3, -0.25) is 4.57 Å². The van der Waals surface area contributed by atoms with E-state index in [1.54, 1.807) is 49.4 Å². The Balaban J connectivity index is 2.07. The van der Waals surface area contributed by atoms with Gasteiger partial charge in [-0.15, -0.1) is 11.3 Å². The van der Waals surface area contributed by atoms with Crippen LogP contribution in [0.1, 0.15) is 15.2 Å². The highest BCUT2D eigenvalue weighted by Crippen LogP contribution is 2.49. The van der Waals surface area contributed by atoms with Crippen LogP contribution in [-0.2, 0) is 9.09 Å². The highest BCUT2D eigenvalue weighted by Gasteiger charge is 2.30. The monoisotopic (exact) mass is 489 g/mol. The first-order valence-electron chi connectivity index (χ1n) is 8.18. The summed E-state index contributed by atoms with van der Waals surface area (Å²) in [5.41, 5.74) is 1.53. The van der Waals surface area contributed by atoms with Crippen molar-refractivity contribution in [2.45, 2.75) is 6.92 Å². The van der Waals surface area contributed by atoms with E-state index in [0.29, 0.717) is 36.4 Å². The molecular formula is C19H15Cl3NO4PS. The number of carboxylic acids is 1. The van der Waals surface area contributed by atoms with E-state index in [2.05, 4.69) is 5.09 Å². The number of hydrogen-bond acceptors (Lipinski definition) is 4. The molecule has 0 radical (unpaired) electrons. The average molecular weight is 491 g/mol. The maximum Gasteiger partial charge on any atom is 0.348 e. The molecule has 1 atom stereocenters. The lowest BCUT2D eigenvalue weighted by Crippen LogP contribution is -2.16. The molecule has 152 valence electrons. The summed E-state index contributed by atoms with van der Waals surface area (Å²) in [5.74, 6) is -1.15. The summed E-state index contributed by atoms with van der Waals surface area (Å²) in [5, 5.41) is 14.1. The fourth-order valence-corrected chi connectivity index (χ4v) is 5.99. The van der Waals surface area contributed by atoms with Gasteiger partial charge in [0, 0.05) is 17.0 Å². The first-order chi connectivity index (χ1) is 13.6. The van der Waals surface area contributed by atoms with E-state index < -0.39 is 13.5 Å². The predicted octanol–water partition coefficient (Wildman–Crippen LogP) is 6.96. The van der Waals surface area contributed by atoms with Crippen molar-refractivity contribution in [3.63, 3.8) is 0 Å². The second-order valence-corrected chi connectivity index (χ2v) is 10.5. The average Bonchev–Trinajstić information content (AvgIpc) is 3.07. The van der Waals surface area contributed by atoms with Crippen LogP contribution in [0.2, 0.25) is 15.1 Å². The zero-order valence-electron chi connectivity index (χ0n) is 15.2. The molecule has 10 heteroatoms. The molecule has 0 saturated heterocycles. The Kier molecular flexibility index (Phi) is 6.64. The standard InChI is InChI=1S/C19H15Cl3NO4PS/c1-10-7-12(20)4-6-16(10)28(26,27-2)23-15-9-17(29-18(15)19(24)25)11-3-5-13(21)14(22)8-11/h3-9H,1-2H3,(H,23,26)(H,24,25). The molecule has 1 unspecified atom stereocenters. The van der Waals surface area contributed by atoms with Crippen LogP contribution in [0.15, 0.2) is 42.5 Å². The van der Waals surface area contributed by atoms with Crippen molar-refractivity contribution in [2.75, 3.05) is 12.2 Å². The Bertz CT molecular complexity index is 1150. The second kappa shape index (κ2) is 8.68. The summed E-state index contributed by atoms with van der Waals surface area (Å²) in [6, 6.07) is 11.5. The first-order valence-corrected chi connectivity index (χ1v) is 11.8. The fourth-order valence-electron chi connectivity index (χ4n) is 2.74. The van der Waals surface area contributed by atoms with Gasteiger partial charge in [-0.2, -0.15) is 0 Å². The number of thiophene rings is 1. The van der Waals surface area contributed by atoms with Crippen molar-refractivity contribution >= 4 is 70.6 Å². The van der Waals surface area contributed by atoms with Crippen LogP contribution >= 0.6 is 53.7 Å². The SMILES string of the molecule is COP(=O)(Nc1cc(-c2ccc(Cl)c(Cl)c2)sc1C(=O)O)c1ccc(Cl)cc1C. The van der Waals surface area contributed by atoms with Crippen LogP contribution in [0.5, 0.6) is 0 Å². The van der Waals surface area contributed by atoms with Crippen LogP contribution in [0.3, 0.4) is 0 Å². The lowest BCUT2D eigenvalue weighted by atomic mass is 10.2. The van der Waals surface area contributed by atoms with E-state index in [-0.39, 0.29) is 10.6 Å². The molecule has 0 aliphatic carbocycles. The van der Waals surface area contributed by atoms with Gasteiger partial charge in [-0.05, 0) is 54.4 Å². The second-order valence-electron chi connectivity index (χ2n) is 6.06. The number of aryl methyl sites for hydroxylation is 1. The van der Waals surface area contributed by atoms with Gasteiger partial charge in [-0.25, -0.2) is 4.79 Å². The zero-order valence-corrected chi connectivity index (χ0v) is 19.2. The van der Waals surface area contributed by atoms with Crippen LogP contribution in [0.25, 0.3) is 10.4 Å². The molecule has 0 aliphatic rings. The van der Waals surface area contributed by atoms with E-state index >= 15 is 0 Å². The number of halogens is 3. The molecule has 0 saturated carbocycles. The fraction of sp³-hybridized carbons (Fsp3) is 0.105. The number of anilines is 1. The van der Waals surface area contributed by atoms with Gasteiger partial charge in [0.25, 0.3) is 0 Å². The Labute approximate surface area is 186 Å². The van der Waals surface area contributed by atoms with Gasteiger partial charge in [0.05, 0.1) is 21.0 Å². The van der Waals surface area contributed by atoms with Crippen molar-refractivity contribution < 1.29 is 19.0 Å². The number of carboxylic acid groups (broad SMARTS) is 1. The van der Waals surface area contributed by atoms with Gasteiger partial charge < -0.3 is 14.7 Å². The van der Waals surface area contributed by atoms with Crippen molar-refractivity contribution in [1.82, 2.24) is 0 Å². The number of benzene rings is 2. The van der Waals surface area contributed by atoms with Crippen LogP contribution < -0.4 is 10.4 Å². The maximum atomic E-state index is 13.5. The number of carbonyl (C=O) groups is 1. The zero-order chi connectivity index (χ0) is 21.3. The lowest BCUT2D eigenvalue weighted by molar-refractivity contribution is 0.0703. The number of nitrogens with one attached hydrogen (secondary N) is 1. The number of hydrogen-bond donors (Lipinski definition) is 2. The minimum absolute atomic E-state index is 0.00466. The molecule has 0 aliphatic heterocycles. The van der Waals surface area contributed by atoms with Crippen LogP contribution in [0, 0.1) is 6.92 Å². The van der Waals surface area contributed by atoms with Gasteiger partial charge in [0.15, 0.2) is 0 Å². The molecule has 2 aromatic carbocycles. The third-order valence-corrected chi connectivity index (χ3v) is 8.46. The first kappa shape index (κ1) is 22.2. The Morgan fingerprint density at radius 3 is 2.41 bits per heavy atom. The molecule has 5 nitrogen and oxygen atoms in total. The molecule has 0 spiro atoms. The van der Waals surface area contributed by atoms with Crippen molar-refractivity contribution in [3.8, 4) is 10.4 Å². The smallest absolute Gasteiger partial charge is 0.348 e. The predicted molar refractivity (Wildman–Crippen MR) is 121 cm³/mol. The van der Waals surface area contributed by atoms with E-state index in [1.807, 2.05) is 0 Å². The van der Waals surface area contributed by atoms with E-state index in [4.69, 9.17) is 39.3 Å². The molecule has 3 rings (SSSR count). The van der Waals surface area contributed by atoms with Gasteiger partial charge >= 0.3 is 13.5 Å². The summed E-state index contributed by atoms with van der Waals surface area (Å²) in [7, 11) is -2.31. The third-order valence-electron chi connectivity index (χ3n) is 4.13. The van der Waals surface area contributed by atoms with E-state index in [1.165, 1.54) is 7.11 Å². The van der Waals surface area contributed by atoms with Crippen molar-refractivity contribution in [2.24, 2.45) is 0 Å². The molecule has 0 amide bonds. The van der Waals surface area contributed by atoms with Gasteiger partial charge in [0.2, 0.25) is 0 Å². The van der Waals surface area contributed by atoms with E-state index in [9.17, 15) is 14.5 Å². The molecular weight excluding hydrogens is 476 g/mol. The molecule has 1 heterocycles. The van der Waals surface area contributed by atoms with Gasteiger partial charge in [-0.1, -0.05) is 40.9 Å². The number of rotatable bonds is 6. The summed E-state index contributed by atoms with van der Waals surface area (Å²) in [6.45, 7) is 1.75. The molecule has 0 fully saturated rings. The number of aromatic carboxylic acids is 1. The summed E-state index contributed by atoms with van der Waals surface area (Å²) < 4.78 is 18.8. The van der Waals surface area contributed by atoms with E-state index in [0.717, 1.165) is 11.3 Å². The lowest BCUT2D eigenvalue weighted by Gasteiger charge is -2.20. The molecule has 3 aromatic rings. The topological polar surface area (TPSA) is 75.6 Å². The molecule has 1 aromatic heterocycles. The Morgan fingerprint density at radius 1 is 1.10 bits per heavy atom. The molecule has 2 N–H and O–H groups in total. The highest BCUT2D eigenvalue weighted by atomic mass is 35.5. The van der Waals surface area contributed by atoms with Crippen LogP contribution in [-0.4, -0.2) is 18.2 Å². The Morgan fingerprint density at radius 2 is 1.83 bits per heavy atom.